The first-order valence-electron chi connectivity index (χ1n) is 5.83. The summed E-state index contributed by atoms with van der Waals surface area (Å²) in [6, 6.07) is 0.490. The number of rotatable bonds is 8. The molecule has 3 nitrogen and oxygen atoms in total. The van der Waals surface area contributed by atoms with Crippen LogP contribution in [-0.2, 0) is 4.79 Å². The van der Waals surface area contributed by atoms with Gasteiger partial charge in [0.05, 0.1) is 6.54 Å². The maximum Gasteiger partial charge on any atom is 0.234 e. The Balaban J connectivity index is 1.80. The van der Waals surface area contributed by atoms with E-state index in [2.05, 4.69) is 17.6 Å². The van der Waals surface area contributed by atoms with E-state index in [4.69, 9.17) is 0 Å². The van der Waals surface area contributed by atoms with E-state index in [0.29, 0.717) is 12.6 Å². The van der Waals surface area contributed by atoms with Gasteiger partial charge in [-0.2, -0.15) is 0 Å². The lowest BCUT2D eigenvalue weighted by atomic mass is 10.2. The van der Waals surface area contributed by atoms with Gasteiger partial charge in [0.2, 0.25) is 5.91 Å². The fourth-order valence-corrected chi connectivity index (χ4v) is 1.39. The van der Waals surface area contributed by atoms with E-state index in [1.54, 1.807) is 0 Å². The molecule has 0 saturated heterocycles. The lowest BCUT2D eigenvalue weighted by Gasteiger charge is -2.04. The summed E-state index contributed by atoms with van der Waals surface area (Å²) in [6.45, 7) is 3.66. The number of unbranched alkanes of at least 4 members (excludes halogenated alkanes) is 3. The summed E-state index contributed by atoms with van der Waals surface area (Å²) in [5.74, 6) is 0.156. The molecule has 0 atom stereocenters. The Morgan fingerprint density at radius 3 is 2.71 bits per heavy atom. The van der Waals surface area contributed by atoms with Gasteiger partial charge in [0.15, 0.2) is 0 Å². The topological polar surface area (TPSA) is 41.1 Å². The quantitative estimate of drug-likeness (QED) is 0.579. The molecule has 0 aromatic carbocycles. The van der Waals surface area contributed by atoms with Crippen molar-refractivity contribution >= 4 is 5.91 Å². The van der Waals surface area contributed by atoms with Crippen molar-refractivity contribution in [1.29, 1.82) is 0 Å². The minimum atomic E-state index is 0.156. The van der Waals surface area contributed by atoms with Gasteiger partial charge in [-0.1, -0.05) is 26.2 Å². The second-order valence-electron chi connectivity index (χ2n) is 4.08. The zero-order valence-electron chi connectivity index (χ0n) is 9.14. The second-order valence-corrected chi connectivity index (χ2v) is 4.08. The molecular formula is C11H22N2O. The highest BCUT2D eigenvalue weighted by Gasteiger charge is 2.22. The van der Waals surface area contributed by atoms with Crippen LogP contribution in [0.1, 0.15) is 45.4 Å². The molecule has 82 valence electrons. The van der Waals surface area contributed by atoms with Crippen molar-refractivity contribution in [2.75, 3.05) is 13.1 Å². The molecule has 0 unspecified atom stereocenters. The molecule has 1 amide bonds. The van der Waals surface area contributed by atoms with Crippen LogP contribution in [0.15, 0.2) is 0 Å². The highest BCUT2D eigenvalue weighted by Crippen LogP contribution is 2.18. The molecule has 2 N–H and O–H groups in total. The van der Waals surface area contributed by atoms with Gasteiger partial charge in [0.1, 0.15) is 0 Å². The maximum absolute atomic E-state index is 11.2. The van der Waals surface area contributed by atoms with Gasteiger partial charge in [-0.25, -0.2) is 0 Å². The van der Waals surface area contributed by atoms with Crippen molar-refractivity contribution in [1.82, 2.24) is 10.6 Å². The third-order valence-electron chi connectivity index (χ3n) is 2.44. The van der Waals surface area contributed by atoms with Crippen LogP contribution in [0.4, 0.5) is 0 Å². The van der Waals surface area contributed by atoms with Crippen LogP contribution in [-0.4, -0.2) is 25.0 Å². The minimum Gasteiger partial charge on any atom is -0.352 e. The van der Waals surface area contributed by atoms with Crippen LogP contribution in [0.3, 0.4) is 0 Å². The second kappa shape index (κ2) is 6.82. The molecule has 1 rings (SSSR count). The van der Waals surface area contributed by atoms with Crippen molar-refractivity contribution in [2.45, 2.75) is 51.5 Å². The smallest absolute Gasteiger partial charge is 0.234 e. The van der Waals surface area contributed by atoms with Gasteiger partial charge < -0.3 is 10.6 Å². The third kappa shape index (κ3) is 5.97. The summed E-state index contributed by atoms with van der Waals surface area (Å²) >= 11 is 0. The first-order valence-corrected chi connectivity index (χ1v) is 5.83. The average Bonchev–Trinajstić information content (AvgIpc) is 2.95. The summed E-state index contributed by atoms with van der Waals surface area (Å²) in [4.78, 5) is 11.2. The first kappa shape index (κ1) is 11.5. The highest BCUT2D eigenvalue weighted by atomic mass is 16.2. The summed E-state index contributed by atoms with van der Waals surface area (Å²) in [5, 5.41) is 6.12. The molecule has 1 aliphatic rings. The fraction of sp³-hybridized carbons (Fsp3) is 0.909. The van der Waals surface area contributed by atoms with Crippen molar-refractivity contribution in [3.8, 4) is 0 Å². The largest absolute Gasteiger partial charge is 0.352 e. The molecule has 1 aliphatic carbocycles. The Kier molecular flexibility index (Phi) is 5.60. The summed E-state index contributed by atoms with van der Waals surface area (Å²) in [6.07, 6.45) is 7.36. The molecule has 0 aliphatic heterocycles. The number of nitrogens with one attached hydrogen (secondary N) is 2. The predicted octanol–water partition coefficient (Wildman–Crippen LogP) is 1.43. The molecule has 14 heavy (non-hydrogen) atoms. The van der Waals surface area contributed by atoms with Crippen LogP contribution in [0.25, 0.3) is 0 Å². The first-order chi connectivity index (χ1) is 6.83. The summed E-state index contributed by atoms with van der Waals surface area (Å²) in [7, 11) is 0. The minimum absolute atomic E-state index is 0.156. The Labute approximate surface area is 86.6 Å². The van der Waals surface area contributed by atoms with E-state index in [0.717, 1.165) is 6.54 Å². The standard InChI is InChI=1S/C11H22N2O/c1-2-3-4-5-8-12-9-11(14)13-10-6-7-10/h10,12H,2-9H2,1H3,(H,13,14). The zero-order chi connectivity index (χ0) is 10.2. The van der Waals surface area contributed by atoms with Crippen molar-refractivity contribution in [2.24, 2.45) is 0 Å². The Morgan fingerprint density at radius 1 is 1.29 bits per heavy atom. The van der Waals surface area contributed by atoms with Gasteiger partial charge in [0, 0.05) is 6.04 Å². The molecule has 1 saturated carbocycles. The van der Waals surface area contributed by atoms with Crippen LogP contribution in [0.2, 0.25) is 0 Å². The van der Waals surface area contributed by atoms with Crippen molar-refractivity contribution in [3.05, 3.63) is 0 Å². The molecule has 3 heteroatoms. The van der Waals surface area contributed by atoms with Crippen molar-refractivity contribution in [3.63, 3.8) is 0 Å². The summed E-state index contributed by atoms with van der Waals surface area (Å²) < 4.78 is 0. The molecule has 0 aromatic heterocycles. The fourth-order valence-electron chi connectivity index (χ4n) is 1.39. The Morgan fingerprint density at radius 2 is 2.07 bits per heavy atom. The number of hydrogen-bond donors (Lipinski definition) is 2. The average molecular weight is 198 g/mol. The van der Waals surface area contributed by atoms with E-state index >= 15 is 0 Å². The lowest BCUT2D eigenvalue weighted by molar-refractivity contribution is -0.120. The van der Waals surface area contributed by atoms with Crippen LogP contribution >= 0.6 is 0 Å². The van der Waals surface area contributed by atoms with Gasteiger partial charge in [-0.15, -0.1) is 0 Å². The lowest BCUT2D eigenvalue weighted by Crippen LogP contribution is -2.35. The van der Waals surface area contributed by atoms with E-state index in [1.165, 1.54) is 38.5 Å². The summed E-state index contributed by atoms with van der Waals surface area (Å²) in [5.41, 5.74) is 0. The van der Waals surface area contributed by atoms with Crippen molar-refractivity contribution < 1.29 is 4.79 Å². The van der Waals surface area contributed by atoms with Crippen LogP contribution in [0.5, 0.6) is 0 Å². The molecule has 0 radical (unpaired) electrons. The predicted molar refractivity (Wildman–Crippen MR) is 58.2 cm³/mol. The number of carbonyl (C=O) groups is 1. The Hall–Kier alpha value is -0.570. The van der Waals surface area contributed by atoms with Gasteiger partial charge in [0.25, 0.3) is 0 Å². The third-order valence-corrected chi connectivity index (χ3v) is 2.44. The van der Waals surface area contributed by atoms with E-state index in [9.17, 15) is 4.79 Å². The molecular weight excluding hydrogens is 176 g/mol. The SMILES string of the molecule is CCCCCCNCC(=O)NC1CC1. The Bertz CT molecular complexity index is 167. The molecule has 0 heterocycles. The van der Waals surface area contributed by atoms with Crippen LogP contribution in [0, 0.1) is 0 Å². The van der Waals surface area contributed by atoms with E-state index in [-0.39, 0.29) is 5.91 Å². The van der Waals surface area contributed by atoms with Crippen LogP contribution < -0.4 is 10.6 Å². The monoisotopic (exact) mass is 198 g/mol. The van der Waals surface area contributed by atoms with E-state index < -0.39 is 0 Å². The maximum atomic E-state index is 11.2. The normalized spacial score (nSPS) is 15.5. The highest BCUT2D eigenvalue weighted by molar-refractivity contribution is 5.78. The number of amides is 1. The molecule has 1 fully saturated rings. The molecule has 0 aromatic rings. The molecule has 0 bridgehead atoms. The van der Waals surface area contributed by atoms with Gasteiger partial charge >= 0.3 is 0 Å². The van der Waals surface area contributed by atoms with Gasteiger partial charge in [-0.05, 0) is 25.8 Å². The number of hydrogen-bond acceptors (Lipinski definition) is 2. The number of carbonyl (C=O) groups excluding carboxylic acids is 1. The van der Waals surface area contributed by atoms with E-state index in [1.807, 2.05) is 0 Å². The molecule has 0 spiro atoms. The zero-order valence-corrected chi connectivity index (χ0v) is 9.14. The van der Waals surface area contributed by atoms with Gasteiger partial charge in [-0.3, -0.25) is 4.79 Å².